The van der Waals surface area contributed by atoms with Crippen LogP contribution in [-0.4, -0.2) is 46.0 Å². The van der Waals surface area contributed by atoms with Crippen LogP contribution in [0, 0.1) is 0 Å². The summed E-state index contributed by atoms with van der Waals surface area (Å²) in [4.78, 5) is 4.76. The minimum Gasteiger partial charge on any atom is -0.490 e. The van der Waals surface area contributed by atoms with Gasteiger partial charge in [-0.15, -0.1) is 24.0 Å². The first-order valence-corrected chi connectivity index (χ1v) is 11.4. The number of nitrogens with zero attached hydrogens (tertiary/aromatic N) is 1. The van der Waals surface area contributed by atoms with E-state index in [4.69, 9.17) is 19.2 Å². The number of hydrogen-bond donors (Lipinski definition) is 3. The second-order valence-electron chi connectivity index (χ2n) is 7.25. The molecule has 2 aromatic rings. The van der Waals surface area contributed by atoms with Crippen molar-refractivity contribution < 1.29 is 14.2 Å². The molecule has 1 unspecified atom stereocenters. The van der Waals surface area contributed by atoms with Crippen LogP contribution in [-0.2, 0) is 11.3 Å². The predicted octanol–water partition coefficient (Wildman–Crippen LogP) is 4.98. The maximum Gasteiger partial charge on any atom is 0.192 e. The van der Waals surface area contributed by atoms with Gasteiger partial charge in [-0.05, 0) is 63.1 Å². The molecule has 0 fully saturated rings. The molecule has 7 nitrogen and oxygen atoms in total. The lowest BCUT2D eigenvalue weighted by molar-refractivity contribution is 0.211. The lowest BCUT2D eigenvalue weighted by Gasteiger charge is -2.20. The number of aliphatic imine (C=N–C) groups is 1. The van der Waals surface area contributed by atoms with E-state index in [0.717, 1.165) is 47.4 Å². The molecule has 0 aliphatic heterocycles. The molecule has 0 amide bonds. The first-order valence-electron chi connectivity index (χ1n) is 11.4. The van der Waals surface area contributed by atoms with Gasteiger partial charge >= 0.3 is 0 Å². The molecule has 0 saturated carbocycles. The smallest absolute Gasteiger partial charge is 0.192 e. The van der Waals surface area contributed by atoms with Gasteiger partial charge in [0.15, 0.2) is 17.5 Å². The lowest BCUT2D eigenvalue weighted by Crippen LogP contribution is -2.38. The van der Waals surface area contributed by atoms with Crippen molar-refractivity contribution in [1.82, 2.24) is 10.6 Å². The van der Waals surface area contributed by atoms with Gasteiger partial charge in [-0.1, -0.05) is 18.2 Å². The number of rotatable bonds is 13. The number of hydrogen-bond acceptors (Lipinski definition) is 5. The van der Waals surface area contributed by atoms with Crippen molar-refractivity contribution in [3.63, 3.8) is 0 Å². The summed E-state index contributed by atoms with van der Waals surface area (Å²) in [5.74, 6) is 2.31. The molecule has 0 heterocycles. The molecule has 0 saturated heterocycles. The minimum atomic E-state index is 0. The van der Waals surface area contributed by atoms with Gasteiger partial charge in [0.1, 0.15) is 0 Å². The molecule has 0 aliphatic rings. The van der Waals surface area contributed by atoms with E-state index < -0.39 is 0 Å². The highest BCUT2D eigenvalue weighted by atomic mass is 127. The van der Waals surface area contributed by atoms with Gasteiger partial charge in [-0.3, -0.25) is 0 Å². The van der Waals surface area contributed by atoms with Crippen LogP contribution in [0.25, 0.3) is 0 Å². The molecule has 184 valence electrons. The molecule has 0 aromatic heterocycles. The molecule has 2 aromatic carbocycles. The van der Waals surface area contributed by atoms with Crippen LogP contribution in [0.15, 0.2) is 47.5 Å². The number of guanidine groups is 1. The van der Waals surface area contributed by atoms with Crippen LogP contribution >= 0.6 is 24.0 Å². The van der Waals surface area contributed by atoms with Crippen molar-refractivity contribution in [2.75, 3.05) is 45.3 Å². The van der Waals surface area contributed by atoms with Crippen molar-refractivity contribution in [2.45, 2.75) is 40.3 Å². The predicted molar refractivity (Wildman–Crippen MR) is 147 cm³/mol. The van der Waals surface area contributed by atoms with E-state index in [1.165, 1.54) is 0 Å². The topological polar surface area (TPSA) is 76.1 Å². The van der Waals surface area contributed by atoms with Crippen molar-refractivity contribution in [3.8, 4) is 11.5 Å². The number of methoxy groups -OCH3 is 1. The Kier molecular flexibility index (Phi) is 14.3. The lowest BCUT2D eigenvalue weighted by atomic mass is 10.1. The largest absolute Gasteiger partial charge is 0.490 e. The van der Waals surface area contributed by atoms with Crippen LogP contribution in [0.2, 0.25) is 0 Å². The van der Waals surface area contributed by atoms with E-state index in [1.807, 2.05) is 26.0 Å². The van der Waals surface area contributed by atoms with Gasteiger partial charge in [0.25, 0.3) is 0 Å². The van der Waals surface area contributed by atoms with E-state index in [1.54, 1.807) is 7.11 Å². The summed E-state index contributed by atoms with van der Waals surface area (Å²) in [6, 6.07) is 14.4. The fraction of sp³-hybridized carbons (Fsp3) is 0.480. The molecule has 33 heavy (non-hydrogen) atoms. The Morgan fingerprint density at radius 2 is 1.67 bits per heavy atom. The van der Waals surface area contributed by atoms with Crippen LogP contribution in [0.3, 0.4) is 0 Å². The summed E-state index contributed by atoms with van der Waals surface area (Å²) in [7, 11) is 1.70. The summed E-state index contributed by atoms with van der Waals surface area (Å²) in [5, 5.41) is 10.1. The first kappa shape index (κ1) is 28.8. The van der Waals surface area contributed by atoms with Crippen LogP contribution < -0.4 is 25.4 Å². The quantitative estimate of drug-likeness (QED) is 0.137. The highest BCUT2D eigenvalue weighted by Crippen LogP contribution is 2.30. The van der Waals surface area contributed by atoms with E-state index >= 15 is 0 Å². The molecule has 0 aliphatic carbocycles. The Hall–Kier alpha value is -2.20. The summed E-state index contributed by atoms with van der Waals surface area (Å²) >= 11 is 0. The maximum absolute atomic E-state index is 5.77. The summed E-state index contributed by atoms with van der Waals surface area (Å²) < 4.78 is 16.5. The van der Waals surface area contributed by atoms with Gasteiger partial charge in [0.2, 0.25) is 0 Å². The van der Waals surface area contributed by atoms with Crippen LogP contribution in [0.5, 0.6) is 11.5 Å². The summed E-state index contributed by atoms with van der Waals surface area (Å²) in [6.07, 6.45) is 0. The normalized spacial score (nSPS) is 11.8. The zero-order valence-electron chi connectivity index (χ0n) is 20.4. The Morgan fingerprint density at radius 3 is 2.30 bits per heavy atom. The average Bonchev–Trinajstić information content (AvgIpc) is 2.80. The summed E-state index contributed by atoms with van der Waals surface area (Å²) in [5.41, 5.74) is 3.33. The molecule has 0 bridgehead atoms. The van der Waals surface area contributed by atoms with Gasteiger partial charge < -0.3 is 30.2 Å². The van der Waals surface area contributed by atoms with E-state index in [9.17, 15) is 0 Å². The monoisotopic (exact) mass is 570 g/mol. The zero-order valence-corrected chi connectivity index (χ0v) is 22.8. The average molecular weight is 571 g/mol. The fourth-order valence-corrected chi connectivity index (χ4v) is 3.14. The van der Waals surface area contributed by atoms with Crippen molar-refractivity contribution in [2.24, 2.45) is 4.99 Å². The van der Waals surface area contributed by atoms with E-state index in [-0.39, 0.29) is 30.0 Å². The highest BCUT2D eigenvalue weighted by molar-refractivity contribution is 14.0. The SMILES string of the molecule is CCNC(=NCc1ccc(NCCOC)cc1)NC(C)c1ccc(OCC)c(OCC)c1.I. The van der Waals surface area contributed by atoms with Gasteiger partial charge in [0.05, 0.1) is 32.4 Å². The number of benzene rings is 2. The van der Waals surface area contributed by atoms with Crippen molar-refractivity contribution in [3.05, 3.63) is 53.6 Å². The Labute approximate surface area is 215 Å². The molecule has 0 radical (unpaired) electrons. The number of anilines is 1. The maximum atomic E-state index is 5.77. The Balaban J connectivity index is 0.00000544. The van der Waals surface area contributed by atoms with Crippen molar-refractivity contribution >= 4 is 35.6 Å². The minimum absolute atomic E-state index is 0. The summed E-state index contributed by atoms with van der Waals surface area (Å²) in [6.45, 7) is 12.2. The van der Waals surface area contributed by atoms with Crippen LogP contribution in [0.1, 0.15) is 44.9 Å². The molecule has 2 rings (SSSR count). The molecule has 3 N–H and O–H groups in total. The van der Waals surface area contributed by atoms with Crippen molar-refractivity contribution in [1.29, 1.82) is 0 Å². The van der Waals surface area contributed by atoms with Gasteiger partial charge in [-0.2, -0.15) is 0 Å². The number of ether oxygens (including phenoxy) is 3. The third-order valence-corrected chi connectivity index (χ3v) is 4.77. The van der Waals surface area contributed by atoms with Gasteiger partial charge in [-0.25, -0.2) is 4.99 Å². The van der Waals surface area contributed by atoms with Crippen LogP contribution in [0.4, 0.5) is 5.69 Å². The second-order valence-corrected chi connectivity index (χ2v) is 7.25. The van der Waals surface area contributed by atoms with E-state index in [2.05, 4.69) is 60.1 Å². The van der Waals surface area contributed by atoms with E-state index in [0.29, 0.717) is 26.4 Å². The standard InChI is InChI=1S/C25H38N4O3.HI/c1-6-26-25(28-18-20-9-12-22(13-10-20)27-15-16-30-5)29-19(4)21-11-14-23(31-7-2)24(17-21)32-8-3;/h9-14,17,19,27H,6-8,15-16,18H2,1-5H3,(H2,26,28,29);1H. The number of nitrogens with one attached hydrogen (secondary N) is 3. The molecule has 1 atom stereocenters. The zero-order chi connectivity index (χ0) is 23.2. The van der Waals surface area contributed by atoms with Gasteiger partial charge in [0, 0.05) is 25.9 Å². The molecular weight excluding hydrogens is 531 g/mol. The third kappa shape index (κ3) is 10.1. The fourth-order valence-electron chi connectivity index (χ4n) is 3.14. The second kappa shape index (κ2) is 16.4. The molecular formula is C25H39IN4O3. The third-order valence-electron chi connectivity index (χ3n) is 4.77. The Morgan fingerprint density at radius 1 is 0.970 bits per heavy atom. The molecule has 0 spiro atoms. The first-order chi connectivity index (χ1) is 15.6. The number of halogens is 1. The highest BCUT2D eigenvalue weighted by Gasteiger charge is 2.12. The molecule has 8 heteroatoms. The Bertz CT molecular complexity index is 831.